The molecule has 0 aromatic heterocycles. The summed E-state index contributed by atoms with van der Waals surface area (Å²) in [7, 11) is 0. The number of urea groups is 1. The zero-order valence-electron chi connectivity index (χ0n) is 12.5. The van der Waals surface area contributed by atoms with Gasteiger partial charge in [-0.3, -0.25) is 0 Å². The van der Waals surface area contributed by atoms with Crippen LogP contribution < -0.4 is 5.32 Å². The smallest absolute Gasteiger partial charge is 0.329 e. The fraction of sp³-hybridized carbons (Fsp3) is 0.800. The largest absolute Gasteiger partial charge is 0.480 e. The maximum absolute atomic E-state index is 12.4. The Morgan fingerprint density at radius 3 is 2.43 bits per heavy atom. The van der Waals surface area contributed by atoms with E-state index in [1.54, 1.807) is 4.90 Å². The third-order valence-electron chi connectivity index (χ3n) is 4.60. The molecule has 6 heteroatoms. The Morgan fingerprint density at radius 1 is 1.33 bits per heavy atom. The number of carboxylic acids is 1. The molecule has 2 aliphatic rings. The highest BCUT2D eigenvalue weighted by Gasteiger charge is 2.44. The SMILES string of the molecule is CC1CCC(NC(=O)N(CCC#N)C2CC2)(C(=O)O)CC1. The van der Waals surface area contributed by atoms with Gasteiger partial charge in [0.2, 0.25) is 0 Å². The molecule has 21 heavy (non-hydrogen) atoms. The summed E-state index contributed by atoms with van der Waals surface area (Å²) in [4.78, 5) is 25.7. The van der Waals surface area contributed by atoms with Crippen molar-refractivity contribution in [2.45, 2.75) is 63.5 Å². The van der Waals surface area contributed by atoms with E-state index in [1.807, 2.05) is 6.07 Å². The molecule has 2 fully saturated rings. The molecule has 0 atom stereocenters. The van der Waals surface area contributed by atoms with Crippen molar-refractivity contribution in [3.05, 3.63) is 0 Å². The van der Waals surface area contributed by atoms with Crippen LogP contribution in [0.15, 0.2) is 0 Å². The molecule has 0 saturated heterocycles. The Balaban J connectivity index is 2.03. The zero-order valence-corrected chi connectivity index (χ0v) is 12.5. The predicted octanol–water partition coefficient (Wildman–Crippen LogP) is 2.11. The standard InChI is InChI=1S/C15H23N3O3/c1-11-5-7-15(8-6-11,13(19)20)17-14(21)18(10-2-9-16)12-3-4-12/h11-12H,2-8,10H2,1H3,(H,17,21)(H,19,20). The first kappa shape index (κ1) is 15.6. The summed E-state index contributed by atoms with van der Waals surface area (Å²) in [6.07, 6.45) is 4.74. The highest BCUT2D eigenvalue weighted by molar-refractivity contribution is 5.86. The molecule has 2 N–H and O–H groups in total. The molecule has 0 radical (unpaired) electrons. The van der Waals surface area contributed by atoms with E-state index in [0.717, 1.165) is 25.7 Å². The van der Waals surface area contributed by atoms with Gasteiger partial charge in [-0.1, -0.05) is 6.92 Å². The van der Waals surface area contributed by atoms with Crippen molar-refractivity contribution in [1.29, 1.82) is 5.26 Å². The number of carbonyl (C=O) groups is 2. The quantitative estimate of drug-likeness (QED) is 0.811. The van der Waals surface area contributed by atoms with Gasteiger partial charge in [0.25, 0.3) is 0 Å². The third kappa shape index (κ3) is 3.66. The minimum Gasteiger partial charge on any atom is -0.480 e. The summed E-state index contributed by atoms with van der Waals surface area (Å²) in [5.41, 5.74) is -1.14. The first-order valence-corrected chi connectivity index (χ1v) is 7.67. The van der Waals surface area contributed by atoms with Crippen LogP contribution in [-0.4, -0.2) is 40.1 Å². The molecule has 6 nitrogen and oxygen atoms in total. The second kappa shape index (κ2) is 6.33. The third-order valence-corrected chi connectivity index (χ3v) is 4.60. The summed E-state index contributed by atoms with van der Waals surface area (Å²) in [5, 5.41) is 21.0. The van der Waals surface area contributed by atoms with Gasteiger partial charge in [-0.15, -0.1) is 0 Å². The van der Waals surface area contributed by atoms with Crippen LogP contribution >= 0.6 is 0 Å². The number of nitriles is 1. The monoisotopic (exact) mass is 293 g/mol. The molecule has 0 spiro atoms. The molecule has 0 heterocycles. The Morgan fingerprint density at radius 2 is 1.95 bits per heavy atom. The van der Waals surface area contributed by atoms with E-state index in [1.165, 1.54) is 0 Å². The molecule has 0 aromatic rings. The average Bonchev–Trinajstić information content (AvgIpc) is 3.26. The van der Waals surface area contributed by atoms with Gasteiger partial charge in [0.15, 0.2) is 0 Å². The minimum absolute atomic E-state index is 0.173. The van der Waals surface area contributed by atoms with Crippen LogP contribution in [0, 0.1) is 17.2 Å². The van der Waals surface area contributed by atoms with Crippen molar-refractivity contribution in [3.63, 3.8) is 0 Å². The maximum atomic E-state index is 12.4. The fourth-order valence-corrected chi connectivity index (χ4v) is 2.93. The molecule has 2 aliphatic carbocycles. The van der Waals surface area contributed by atoms with Crippen LogP contribution in [0.4, 0.5) is 4.79 Å². The van der Waals surface area contributed by atoms with E-state index in [9.17, 15) is 14.7 Å². The Bertz CT molecular complexity index is 446. The second-order valence-electron chi connectivity index (χ2n) is 6.33. The molecule has 0 aromatic carbocycles. The van der Waals surface area contributed by atoms with E-state index >= 15 is 0 Å². The Labute approximate surface area is 125 Å². The molecule has 0 aliphatic heterocycles. The predicted molar refractivity (Wildman–Crippen MR) is 76.5 cm³/mol. The van der Waals surface area contributed by atoms with Crippen molar-refractivity contribution in [1.82, 2.24) is 10.2 Å². The van der Waals surface area contributed by atoms with Gasteiger partial charge in [0.1, 0.15) is 5.54 Å². The molecule has 0 bridgehead atoms. The van der Waals surface area contributed by atoms with Crippen LogP contribution in [0.25, 0.3) is 0 Å². The Hall–Kier alpha value is -1.77. The van der Waals surface area contributed by atoms with Gasteiger partial charge in [-0.2, -0.15) is 5.26 Å². The molecule has 116 valence electrons. The fourth-order valence-electron chi connectivity index (χ4n) is 2.93. The highest BCUT2D eigenvalue weighted by atomic mass is 16.4. The number of carboxylic acid groups (broad SMARTS) is 1. The molecule has 2 saturated carbocycles. The number of amides is 2. The molecule has 0 unspecified atom stereocenters. The lowest BCUT2D eigenvalue weighted by Gasteiger charge is -2.38. The lowest BCUT2D eigenvalue weighted by Crippen LogP contribution is -2.59. The molecular weight excluding hydrogens is 270 g/mol. The van der Waals surface area contributed by atoms with Gasteiger partial charge >= 0.3 is 12.0 Å². The number of hydrogen-bond donors (Lipinski definition) is 2. The summed E-state index contributed by atoms with van der Waals surface area (Å²) in [5.74, 6) is -0.439. The van der Waals surface area contributed by atoms with Gasteiger partial charge in [0.05, 0.1) is 12.5 Å². The van der Waals surface area contributed by atoms with Crippen LogP contribution in [-0.2, 0) is 4.79 Å². The lowest BCUT2D eigenvalue weighted by atomic mass is 9.77. The van der Waals surface area contributed by atoms with Crippen molar-refractivity contribution in [2.24, 2.45) is 5.92 Å². The highest BCUT2D eigenvalue weighted by Crippen LogP contribution is 2.33. The van der Waals surface area contributed by atoms with Crippen LogP contribution in [0.5, 0.6) is 0 Å². The van der Waals surface area contributed by atoms with Crippen molar-refractivity contribution >= 4 is 12.0 Å². The zero-order chi connectivity index (χ0) is 15.5. The molecular formula is C15H23N3O3. The first-order valence-electron chi connectivity index (χ1n) is 7.67. The van der Waals surface area contributed by atoms with Gasteiger partial charge < -0.3 is 15.3 Å². The van der Waals surface area contributed by atoms with E-state index < -0.39 is 11.5 Å². The van der Waals surface area contributed by atoms with Gasteiger partial charge in [-0.25, -0.2) is 9.59 Å². The Kier molecular flexibility index (Phi) is 4.71. The van der Waals surface area contributed by atoms with Crippen LogP contribution in [0.3, 0.4) is 0 Å². The topological polar surface area (TPSA) is 93.4 Å². The number of carbonyl (C=O) groups excluding carboxylic acids is 1. The van der Waals surface area contributed by atoms with Crippen molar-refractivity contribution < 1.29 is 14.7 Å². The summed E-state index contributed by atoms with van der Waals surface area (Å²) >= 11 is 0. The van der Waals surface area contributed by atoms with Crippen LogP contribution in [0.1, 0.15) is 51.9 Å². The van der Waals surface area contributed by atoms with E-state index in [4.69, 9.17) is 5.26 Å². The lowest BCUT2D eigenvalue weighted by molar-refractivity contribution is -0.146. The molecule has 2 amide bonds. The normalized spacial score (nSPS) is 28.5. The molecule has 2 rings (SSSR count). The van der Waals surface area contributed by atoms with Crippen molar-refractivity contribution in [3.8, 4) is 6.07 Å². The number of nitrogens with one attached hydrogen (secondary N) is 1. The average molecular weight is 293 g/mol. The van der Waals surface area contributed by atoms with Crippen LogP contribution in [0.2, 0.25) is 0 Å². The number of hydrogen-bond acceptors (Lipinski definition) is 3. The first-order chi connectivity index (χ1) is 9.98. The minimum atomic E-state index is -1.14. The number of rotatable bonds is 5. The summed E-state index contributed by atoms with van der Waals surface area (Å²) in [6.45, 7) is 2.48. The summed E-state index contributed by atoms with van der Waals surface area (Å²) < 4.78 is 0. The van der Waals surface area contributed by atoms with E-state index in [2.05, 4.69) is 12.2 Å². The maximum Gasteiger partial charge on any atom is 0.329 e. The van der Waals surface area contributed by atoms with Gasteiger partial charge in [-0.05, 0) is 44.4 Å². The number of aliphatic carboxylic acids is 1. The van der Waals surface area contributed by atoms with Crippen molar-refractivity contribution in [2.75, 3.05) is 6.54 Å². The van der Waals surface area contributed by atoms with Gasteiger partial charge in [0, 0.05) is 12.6 Å². The number of nitrogens with zero attached hydrogens (tertiary/aromatic N) is 2. The summed E-state index contributed by atoms with van der Waals surface area (Å²) in [6, 6.07) is 1.88. The van der Waals surface area contributed by atoms with E-state index in [0.29, 0.717) is 25.3 Å². The second-order valence-corrected chi connectivity index (χ2v) is 6.33. The van der Waals surface area contributed by atoms with E-state index in [-0.39, 0.29) is 18.5 Å².